The maximum atomic E-state index is 6.31. The van der Waals surface area contributed by atoms with E-state index < -0.39 is 0 Å². The number of ether oxygens (including phenoxy) is 1. The molecule has 0 amide bonds. The van der Waals surface area contributed by atoms with E-state index in [1.165, 1.54) is 10.4 Å². The van der Waals surface area contributed by atoms with Crippen LogP contribution in [-0.2, 0) is 17.8 Å². The van der Waals surface area contributed by atoms with Gasteiger partial charge in [0.25, 0.3) is 0 Å². The van der Waals surface area contributed by atoms with Gasteiger partial charge >= 0.3 is 0 Å². The van der Waals surface area contributed by atoms with Crippen molar-refractivity contribution in [3.05, 3.63) is 51.1 Å². The van der Waals surface area contributed by atoms with Crippen LogP contribution in [0.4, 0.5) is 5.82 Å². The van der Waals surface area contributed by atoms with Crippen LogP contribution in [-0.4, -0.2) is 41.2 Å². The van der Waals surface area contributed by atoms with Crippen LogP contribution in [0.3, 0.4) is 0 Å². The van der Waals surface area contributed by atoms with Gasteiger partial charge < -0.3 is 10.1 Å². The van der Waals surface area contributed by atoms with Crippen molar-refractivity contribution >= 4 is 39.0 Å². The third-order valence-electron chi connectivity index (χ3n) is 4.95. The summed E-state index contributed by atoms with van der Waals surface area (Å²) in [7, 11) is 0. The third kappa shape index (κ3) is 4.09. The fraction of sp³-hybridized carbons (Fsp3) is 0.400. The maximum Gasteiger partial charge on any atom is 0.146 e. The number of hydrogen-bond donors (Lipinski definition) is 1. The minimum absolute atomic E-state index is 0.636. The molecule has 1 saturated heterocycles. The van der Waals surface area contributed by atoms with Gasteiger partial charge in [0.2, 0.25) is 0 Å². The highest BCUT2D eigenvalue weighted by molar-refractivity contribution is 7.18. The number of morpholine rings is 1. The standard InChI is InChI=1S/C20H23ClN4OS/c1-13-14(2)27-20-18(13)19(22-11-15-5-3-4-6-16(15)21)23-17(24-20)12-25-7-9-26-10-8-25/h3-6H,7-12H2,1-2H3,(H,22,23,24). The van der Waals surface area contributed by atoms with Gasteiger partial charge in [0.15, 0.2) is 0 Å². The van der Waals surface area contributed by atoms with E-state index in [0.717, 1.165) is 65.3 Å². The van der Waals surface area contributed by atoms with E-state index in [-0.39, 0.29) is 0 Å². The second-order valence-corrected chi connectivity index (χ2v) is 8.40. The molecule has 0 saturated carbocycles. The molecule has 3 heterocycles. The normalized spacial score (nSPS) is 15.4. The molecule has 1 aliphatic rings. The lowest BCUT2D eigenvalue weighted by atomic mass is 10.2. The minimum Gasteiger partial charge on any atom is -0.379 e. The Bertz CT molecular complexity index is 953. The second kappa shape index (κ2) is 8.10. The predicted octanol–water partition coefficient (Wildman–Crippen LogP) is 4.41. The molecule has 1 N–H and O–H groups in total. The third-order valence-corrected chi connectivity index (χ3v) is 6.42. The van der Waals surface area contributed by atoms with Crippen LogP contribution in [0.25, 0.3) is 10.2 Å². The molecule has 2 aromatic heterocycles. The summed E-state index contributed by atoms with van der Waals surface area (Å²) in [5.74, 6) is 1.75. The summed E-state index contributed by atoms with van der Waals surface area (Å²) in [6.07, 6.45) is 0. The van der Waals surface area contributed by atoms with Crippen molar-refractivity contribution in [1.82, 2.24) is 14.9 Å². The highest BCUT2D eigenvalue weighted by atomic mass is 35.5. The van der Waals surface area contributed by atoms with Crippen molar-refractivity contribution in [3.8, 4) is 0 Å². The van der Waals surface area contributed by atoms with Crippen LogP contribution in [0.15, 0.2) is 24.3 Å². The summed E-state index contributed by atoms with van der Waals surface area (Å²) in [4.78, 5) is 14.4. The fourth-order valence-corrected chi connectivity index (χ4v) is 4.52. The van der Waals surface area contributed by atoms with Crippen LogP contribution in [0.2, 0.25) is 5.02 Å². The van der Waals surface area contributed by atoms with Gasteiger partial charge in [-0.05, 0) is 31.0 Å². The zero-order chi connectivity index (χ0) is 18.8. The van der Waals surface area contributed by atoms with Crippen molar-refractivity contribution in [2.75, 3.05) is 31.6 Å². The van der Waals surface area contributed by atoms with Gasteiger partial charge in [-0.15, -0.1) is 11.3 Å². The average Bonchev–Trinajstić information content (AvgIpc) is 2.96. The monoisotopic (exact) mass is 402 g/mol. The Balaban J connectivity index is 1.65. The van der Waals surface area contributed by atoms with Crippen LogP contribution < -0.4 is 5.32 Å². The first-order valence-electron chi connectivity index (χ1n) is 9.16. The molecule has 5 nitrogen and oxygen atoms in total. The number of fused-ring (bicyclic) bond motifs is 1. The number of benzene rings is 1. The zero-order valence-electron chi connectivity index (χ0n) is 15.6. The molecule has 0 spiro atoms. The smallest absolute Gasteiger partial charge is 0.146 e. The number of nitrogens with zero attached hydrogens (tertiary/aromatic N) is 3. The number of hydrogen-bond acceptors (Lipinski definition) is 6. The predicted molar refractivity (Wildman–Crippen MR) is 112 cm³/mol. The highest BCUT2D eigenvalue weighted by Crippen LogP contribution is 2.34. The van der Waals surface area contributed by atoms with Crippen LogP contribution in [0.1, 0.15) is 21.8 Å². The first-order chi connectivity index (χ1) is 13.1. The minimum atomic E-state index is 0.636. The lowest BCUT2D eigenvalue weighted by Gasteiger charge is -2.25. The molecule has 1 aliphatic heterocycles. The zero-order valence-corrected chi connectivity index (χ0v) is 17.2. The molecule has 0 radical (unpaired) electrons. The number of aromatic nitrogens is 2. The summed E-state index contributed by atoms with van der Waals surface area (Å²) in [6.45, 7) is 9.06. The summed E-state index contributed by atoms with van der Waals surface area (Å²) >= 11 is 8.05. The van der Waals surface area contributed by atoms with E-state index in [2.05, 4.69) is 24.1 Å². The van der Waals surface area contributed by atoms with Crippen LogP contribution >= 0.6 is 22.9 Å². The molecule has 27 heavy (non-hydrogen) atoms. The second-order valence-electron chi connectivity index (χ2n) is 6.79. The first kappa shape index (κ1) is 18.6. The number of nitrogens with one attached hydrogen (secondary N) is 1. The van der Waals surface area contributed by atoms with Crippen molar-refractivity contribution in [1.29, 1.82) is 0 Å². The molecule has 142 valence electrons. The number of aryl methyl sites for hydroxylation is 2. The summed E-state index contributed by atoms with van der Waals surface area (Å²) in [5.41, 5.74) is 2.31. The van der Waals surface area contributed by atoms with Gasteiger partial charge in [0.1, 0.15) is 16.5 Å². The van der Waals surface area contributed by atoms with Gasteiger partial charge in [-0.25, -0.2) is 9.97 Å². The quantitative estimate of drug-likeness (QED) is 0.685. The number of rotatable bonds is 5. The Labute approximate surface area is 168 Å². The first-order valence-corrected chi connectivity index (χ1v) is 10.4. The Kier molecular flexibility index (Phi) is 5.59. The van der Waals surface area contributed by atoms with Crippen LogP contribution in [0, 0.1) is 13.8 Å². The Morgan fingerprint density at radius 3 is 2.74 bits per heavy atom. The van der Waals surface area contributed by atoms with E-state index in [0.29, 0.717) is 6.54 Å². The van der Waals surface area contributed by atoms with Gasteiger partial charge in [-0.1, -0.05) is 29.8 Å². The lowest BCUT2D eigenvalue weighted by molar-refractivity contribution is 0.0331. The lowest BCUT2D eigenvalue weighted by Crippen LogP contribution is -2.36. The van der Waals surface area contributed by atoms with Crippen molar-refractivity contribution in [2.24, 2.45) is 0 Å². The van der Waals surface area contributed by atoms with Crippen molar-refractivity contribution < 1.29 is 4.74 Å². The molecule has 0 atom stereocenters. The maximum absolute atomic E-state index is 6.31. The topological polar surface area (TPSA) is 50.3 Å². The fourth-order valence-electron chi connectivity index (χ4n) is 3.27. The Morgan fingerprint density at radius 2 is 1.96 bits per heavy atom. The van der Waals surface area contributed by atoms with Gasteiger partial charge in [-0.2, -0.15) is 0 Å². The highest BCUT2D eigenvalue weighted by Gasteiger charge is 2.17. The van der Waals surface area contributed by atoms with Gasteiger partial charge in [0, 0.05) is 29.5 Å². The summed E-state index contributed by atoms with van der Waals surface area (Å²) in [6, 6.07) is 7.90. The van der Waals surface area contributed by atoms with E-state index in [4.69, 9.17) is 26.3 Å². The van der Waals surface area contributed by atoms with Gasteiger partial charge in [-0.3, -0.25) is 4.90 Å². The summed E-state index contributed by atoms with van der Waals surface area (Å²) in [5, 5.41) is 5.39. The largest absolute Gasteiger partial charge is 0.379 e. The number of thiophene rings is 1. The SMILES string of the molecule is Cc1sc2nc(CN3CCOCC3)nc(NCc3ccccc3Cl)c2c1C. The van der Waals surface area contributed by atoms with E-state index in [1.54, 1.807) is 11.3 Å². The number of anilines is 1. The van der Waals surface area contributed by atoms with Crippen molar-refractivity contribution in [2.45, 2.75) is 26.9 Å². The summed E-state index contributed by atoms with van der Waals surface area (Å²) < 4.78 is 5.44. The van der Waals surface area contributed by atoms with E-state index in [1.807, 2.05) is 24.3 Å². The molecule has 0 bridgehead atoms. The Morgan fingerprint density at radius 1 is 1.19 bits per heavy atom. The molecule has 1 aromatic carbocycles. The molecule has 1 fully saturated rings. The van der Waals surface area contributed by atoms with E-state index >= 15 is 0 Å². The molecule has 4 rings (SSSR count). The van der Waals surface area contributed by atoms with E-state index in [9.17, 15) is 0 Å². The van der Waals surface area contributed by atoms with Crippen LogP contribution in [0.5, 0.6) is 0 Å². The van der Waals surface area contributed by atoms with Gasteiger partial charge in [0.05, 0.1) is 25.1 Å². The molecule has 7 heteroatoms. The molecule has 0 unspecified atom stereocenters. The Hall–Kier alpha value is -1.73. The van der Waals surface area contributed by atoms with Crippen molar-refractivity contribution in [3.63, 3.8) is 0 Å². The number of halogens is 1. The molecular formula is C20H23ClN4OS. The average molecular weight is 403 g/mol. The molecule has 0 aliphatic carbocycles. The molecular weight excluding hydrogens is 380 g/mol. The molecule has 3 aromatic rings.